The van der Waals surface area contributed by atoms with Crippen LogP contribution in [0.25, 0.3) is 10.9 Å². The Kier molecular flexibility index (Phi) is 3.72. The van der Waals surface area contributed by atoms with Crippen molar-refractivity contribution in [2.45, 2.75) is 13.0 Å². The topological polar surface area (TPSA) is 38.9 Å². The van der Waals surface area contributed by atoms with Gasteiger partial charge in [0.2, 0.25) is 0 Å². The molecule has 2 nitrogen and oxygen atoms in total. The zero-order valence-corrected chi connectivity index (χ0v) is 13.3. The zero-order chi connectivity index (χ0) is 14.1. The number of aryl methyl sites for hydroxylation is 1. The van der Waals surface area contributed by atoms with Gasteiger partial charge in [-0.2, -0.15) is 0 Å². The summed E-state index contributed by atoms with van der Waals surface area (Å²) in [7, 11) is 0. The molecule has 3 aromatic rings. The van der Waals surface area contributed by atoms with Crippen molar-refractivity contribution < 1.29 is 0 Å². The Bertz CT molecular complexity index is 768. The van der Waals surface area contributed by atoms with Crippen molar-refractivity contribution in [1.29, 1.82) is 0 Å². The second kappa shape index (κ2) is 5.50. The van der Waals surface area contributed by atoms with E-state index < -0.39 is 0 Å². The minimum atomic E-state index is -0.105. The van der Waals surface area contributed by atoms with E-state index in [4.69, 9.17) is 5.73 Å². The first-order chi connectivity index (χ1) is 9.66. The van der Waals surface area contributed by atoms with Gasteiger partial charge in [-0.05, 0) is 64.4 Å². The average molecular weight is 374 g/mol. The van der Waals surface area contributed by atoms with Crippen molar-refractivity contribution in [3.05, 3.63) is 75.0 Å². The van der Waals surface area contributed by atoms with Crippen LogP contribution in [0.4, 0.5) is 0 Å². The Morgan fingerprint density at radius 3 is 2.80 bits per heavy atom. The van der Waals surface area contributed by atoms with Gasteiger partial charge in [-0.25, -0.2) is 0 Å². The third-order valence-corrected chi connectivity index (χ3v) is 5.02. The molecule has 2 aromatic carbocycles. The Balaban J connectivity index is 2.08. The number of rotatable bonds is 2. The molecule has 0 saturated heterocycles. The van der Waals surface area contributed by atoms with Crippen LogP contribution < -0.4 is 5.73 Å². The van der Waals surface area contributed by atoms with E-state index >= 15 is 0 Å². The first-order valence-corrected chi connectivity index (χ1v) is 7.60. The molecule has 0 aliphatic carbocycles. The summed E-state index contributed by atoms with van der Waals surface area (Å²) >= 11 is 2.37. The summed E-state index contributed by atoms with van der Waals surface area (Å²) in [6.07, 6.45) is 1.81. The van der Waals surface area contributed by atoms with E-state index in [0.717, 1.165) is 16.5 Å². The van der Waals surface area contributed by atoms with E-state index in [1.165, 1.54) is 14.7 Å². The fraction of sp³-hybridized carbons (Fsp3) is 0.118. The van der Waals surface area contributed by atoms with E-state index in [1.54, 1.807) is 0 Å². The highest BCUT2D eigenvalue weighted by atomic mass is 127. The maximum absolute atomic E-state index is 6.45. The van der Waals surface area contributed by atoms with Crippen LogP contribution in [0.3, 0.4) is 0 Å². The SMILES string of the molecule is Cc1cccc(C(N)c2ccc3ncccc3c2)c1I. The minimum Gasteiger partial charge on any atom is -0.320 e. The summed E-state index contributed by atoms with van der Waals surface area (Å²) in [5, 5.41) is 1.13. The molecule has 3 rings (SSSR count). The smallest absolute Gasteiger partial charge is 0.0702 e. The maximum atomic E-state index is 6.45. The monoisotopic (exact) mass is 374 g/mol. The number of nitrogens with zero attached hydrogens (tertiary/aromatic N) is 1. The first kappa shape index (κ1) is 13.5. The van der Waals surface area contributed by atoms with Crippen LogP contribution in [-0.4, -0.2) is 4.98 Å². The fourth-order valence-electron chi connectivity index (χ4n) is 2.38. The molecule has 3 heteroatoms. The van der Waals surface area contributed by atoms with Crippen molar-refractivity contribution >= 4 is 33.5 Å². The Morgan fingerprint density at radius 2 is 1.95 bits per heavy atom. The van der Waals surface area contributed by atoms with Crippen molar-refractivity contribution in [1.82, 2.24) is 4.98 Å². The molecule has 1 unspecified atom stereocenters. The summed E-state index contributed by atoms with van der Waals surface area (Å²) in [4.78, 5) is 4.34. The molecule has 0 fully saturated rings. The van der Waals surface area contributed by atoms with Crippen LogP contribution in [0.1, 0.15) is 22.7 Å². The fourth-order valence-corrected chi connectivity index (χ4v) is 3.07. The number of halogens is 1. The molecule has 0 spiro atoms. The van der Waals surface area contributed by atoms with Gasteiger partial charge < -0.3 is 5.73 Å². The van der Waals surface area contributed by atoms with Crippen LogP contribution in [0.15, 0.2) is 54.7 Å². The van der Waals surface area contributed by atoms with Gasteiger partial charge in [0.25, 0.3) is 0 Å². The molecular formula is C17H15IN2. The molecule has 1 atom stereocenters. The highest BCUT2D eigenvalue weighted by Crippen LogP contribution is 2.27. The molecule has 2 N–H and O–H groups in total. The average Bonchev–Trinajstić information content (AvgIpc) is 2.49. The van der Waals surface area contributed by atoms with E-state index in [0.29, 0.717) is 0 Å². The number of fused-ring (bicyclic) bond motifs is 1. The van der Waals surface area contributed by atoms with E-state index in [1.807, 2.05) is 18.3 Å². The van der Waals surface area contributed by atoms with Crippen molar-refractivity contribution in [2.24, 2.45) is 5.73 Å². The number of aromatic nitrogens is 1. The lowest BCUT2D eigenvalue weighted by Crippen LogP contribution is -2.13. The van der Waals surface area contributed by atoms with Crippen LogP contribution in [0, 0.1) is 10.5 Å². The molecule has 0 amide bonds. The lowest BCUT2D eigenvalue weighted by atomic mass is 9.97. The van der Waals surface area contributed by atoms with E-state index in [-0.39, 0.29) is 6.04 Å². The Hall–Kier alpha value is -1.46. The lowest BCUT2D eigenvalue weighted by molar-refractivity contribution is 0.864. The molecule has 0 aliphatic heterocycles. The molecule has 100 valence electrons. The molecule has 20 heavy (non-hydrogen) atoms. The number of nitrogens with two attached hydrogens (primary N) is 1. The predicted octanol–water partition coefficient (Wildman–Crippen LogP) is 4.20. The zero-order valence-electron chi connectivity index (χ0n) is 11.2. The minimum absolute atomic E-state index is 0.105. The van der Waals surface area contributed by atoms with Gasteiger partial charge in [-0.3, -0.25) is 4.98 Å². The molecule has 0 aliphatic rings. The third-order valence-electron chi connectivity index (χ3n) is 3.54. The summed E-state index contributed by atoms with van der Waals surface area (Å²) < 4.78 is 1.24. The Labute approximate surface area is 132 Å². The summed E-state index contributed by atoms with van der Waals surface area (Å²) in [5.41, 5.74) is 11.0. The number of pyridine rings is 1. The van der Waals surface area contributed by atoms with Gasteiger partial charge in [0.05, 0.1) is 11.6 Å². The predicted molar refractivity (Wildman–Crippen MR) is 91.7 cm³/mol. The summed E-state index contributed by atoms with van der Waals surface area (Å²) in [6.45, 7) is 2.11. The van der Waals surface area contributed by atoms with E-state index in [2.05, 4.69) is 70.9 Å². The number of hydrogen-bond donors (Lipinski definition) is 1. The van der Waals surface area contributed by atoms with Gasteiger partial charge in [-0.1, -0.05) is 30.3 Å². The number of benzene rings is 2. The molecule has 1 heterocycles. The molecular weight excluding hydrogens is 359 g/mol. The van der Waals surface area contributed by atoms with Crippen LogP contribution in [0.5, 0.6) is 0 Å². The molecule has 1 aromatic heterocycles. The molecule has 0 radical (unpaired) electrons. The van der Waals surface area contributed by atoms with Gasteiger partial charge in [0, 0.05) is 15.2 Å². The largest absolute Gasteiger partial charge is 0.320 e. The first-order valence-electron chi connectivity index (χ1n) is 6.52. The van der Waals surface area contributed by atoms with Crippen LogP contribution >= 0.6 is 22.6 Å². The quantitative estimate of drug-likeness (QED) is 0.683. The highest BCUT2D eigenvalue weighted by molar-refractivity contribution is 14.1. The van der Waals surface area contributed by atoms with Gasteiger partial charge in [-0.15, -0.1) is 0 Å². The number of hydrogen-bond acceptors (Lipinski definition) is 2. The van der Waals surface area contributed by atoms with Crippen LogP contribution in [0.2, 0.25) is 0 Å². The van der Waals surface area contributed by atoms with Gasteiger partial charge in [0.1, 0.15) is 0 Å². The van der Waals surface area contributed by atoms with E-state index in [9.17, 15) is 0 Å². The maximum Gasteiger partial charge on any atom is 0.0702 e. The lowest BCUT2D eigenvalue weighted by Gasteiger charge is -2.16. The molecule has 0 bridgehead atoms. The van der Waals surface area contributed by atoms with Crippen molar-refractivity contribution in [2.75, 3.05) is 0 Å². The highest BCUT2D eigenvalue weighted by Gasteiger charge is 2.13. The van der Waals surface area contributed by atoms with Crippen molar-refractivity contribution in [3.8, 4) is 0 Å². The summed E-state index contributed by atoms with van der Waals surface area (Å²) in [6, 6.07) is 16.4. The Morgan fingerprint density at radius 1 is 1.10 bits per heavy atom. The molecule has 0 saturated carbocycles. The normalized spacial score (nSPS) is 12.6. The van der Waals surface area contributed by atoms with Crippen molar-refractivity contribution in [3.63, 3.8) is 0 Å². The third kappa shape index (κ3) is 2.43. The van der Waals surface area contributed by atoms with Gasteiger partial charge in [0.15, 0.2) is 0 Å². The van der Waals surface area contributed by atoms with Crippen LogP contribution in [-0.2, 0) is 0 Å². The second-order valence-electron chi connectivity index (χ2n) is 4.91. The second-order valence-corrected chi connectivity index (χ2v) is 5.99. The standard InChI is InChI=1S/C17H15IN2/c1-11-4-2-6-14(16(11)18)17(19)13-7-8-15-12(10-13)5-3-9-20-15/h2-10,17H,19H2,1H3. The summed E-state index contributed by atoms with van der Waals surface area (Å²) in [5.74, 6) is 0. The van der Waals surface area contributed by atoms with Gasteiger partial charge >= 0.3 is 0 Å².